The maximum absolute atomic E-state index is 10.8. The predicted molar refractivity (Wildman–Crippen MR) is 134 cm³/mol. The minimum atomic E-state index is -0.296. The van der Waals surface area contributed by atoms with Gasteiger partial charge in [-0.1, -0.05) is 27.7 Å². The second kappa shape index (κ2) is 8.78. The van der Waals surface area contributed by atoms with Crippen molar-refractivity contribution in [2.75, 3.05) is 25.0 Å². The van der Waals surface area contributed by atoms with Crippen molar-refractivity contribution in [3.05, 3.63) is 46.5 Å². The SMILES string of the molecule is CC1(C)CC2(CC(C)(C)c3cc(OCCCCl)c(O)cc32)c2cc(O)c(OCCCCl)cc21. The van der Waals surface area contributed by atoms with E-state index in [1.54, 1.807) is 0 Å². The van der Waals surface area contributed by atoms with Crippen molar-refractivity contribution in [3.63, 3.8) is 0 Å². The maximum Gasteiger partial charge on any atom is 0.161 e. The molecule has 4 rings (SSSR count). The molecule has 2 N–H and O–H groups in total. The van der Waals surface area contributed by atoms with Crippen LogP contribution in [0.25, 0.3) is 0 Å². The van der Waals surface area contributed by atoms with Crippen molar-refractivity contribution in [1.82, 2.24) is 0 Å². The minimum absolute atomic E-state index is 0.115. The smallest absolute Gasteiger partial charge is 0.161 e. The Morgan fingerprint density at radius 1 is 0.697 bits per heavy atom. The first-order chi connectivity index (χ1) is 15.6. The van der Waals surface area contributed by atoms with Gasteiger partial charge in [-0.3, -0.25) is 0 Å². The molecule has 0 atom stereocenters. The van der Waals surface area contributed by atoms with Crippen molar-refractivity contribution in [2.24, 2.45) is 0 Å². The van der Waals surface area contributed by atoms with Crippen LogP contribution in [0.1, 0.15) is 75.6 Å². The van der Waals surface area contributed by atoms with Gasteiger partial charge in [-0.25, -0.2) is 0 Å². The molecule has 4 nitrogen and oxygen atoms in total. The lowest BCUT2D eigenvalue weighted by molar-refractivity contribution is 0.299. The summed E-state index contributed by atoms with van der Waals surface area (Å²) in [5, 5.41) is 21.7. The summed E-state index contributed by atoms with van der Waals surface area (Å²) in [7, 11) is 0. The number of benzene rings is 2. The highest BCUT2D eigenvalue weighted by molar-refractivity contribution is 6.18. The van der Waals surface area contributed by atoms with Crippen LogP contribution in [0, 0.1) is 0 Å². The molecule has 6 heteroatoms. The Hall–Kier alpha value is -1.78. The van der Waals surface area contributed by atoms with Gasteiger partial charge >= 0.3 is 0 Å². The van der Waals surface area contributed by atoms with Crippen LogP contribution in [-0.4, -0.2) is 35.2 Å². The second-order valence-electron chi connectivity index (χ2n) is 10.7. The van der Waals surface area contributed by atoms with Gasteiger partial charge in [0.25, 0.3) is 0 Å². The fourth-order valence-electron chi connectivity index (χ4n) is 6.04. The van der Waals surface area contributed by atoms with E-state index in [4.69, 9.17) is 32.7 Å². The van der Waals surface area contributed by atoms with Crippen molar-refractivity contribution in [1.29, 1.82) is 0 Å². The Bertz CT molecular complexity index is 961. The van der Waals surface area contributed by atoms with E-state index in [9.17, 15) is 10.2 Å². The number of phenols is 2. The molecule has 0 saturated heterocycles. The number of halogens is 2. The lowest BCUT2D eigenvalue weighted by Gasteiger charge is -2.30. The quantitative estimate of drug-likeness (QED) is 0.315. The van der Waals surface area contributed by atoms with Crippen molar-refractivity contribution in [3.8, 4) is 23.0 Å². The van der Waals surface area contributed by atoms with E-state index in [-0.39, 0.29) is 27.7 Å². The molecular weight excluding hydrogens is 459 g/mol. The summed E-state index contributed by atoms with van der Waals surface area (Å²) in [4.78, 5) is 0. The second-order valence-corrected chi connectivity index (χ2v) is 11.5. The molecule has 0 unspecified atom stereocenters. The molecule has 0 saturated carbocycles. The minimum Gasteiger partial charge on any atom is -0.504 e. The number of alkyl halides is 2. The third kappa shape index (κ3) is 4.14. The molecule has 2 aromatic rings. The predicted octanol–water partition coefficient (Wildman–Crippen LogP) is 6.76. The van der Waals surface area contributed by atoms with Gasteiger partial charge in [0.05, 0.1) is 13.2 Å². The Morgan fingerprint density at radius 2 is 1.09 bits per heavy atom. The van der Waals surface area contributed by atoms with Gasteiger partial charge in [-0.15, -0.1) is 23.2 Å². The highest BCUT2D eigenvalue weighted by atomic mass is 35.5. The Kier molecular flexibility index (Phi) is 6.48. The number of aromatic hydroxyl groups is 2. The van der Waals surface area contributed by atoms with E-state index in [1.807, 2.05) is 24.3 Å². The van der Waals surface area contributed by atoms with Crippen LogP contribution in [-0.2, 0) is 16.2 Å². The Labute approximate surface area is 206 Å². The number of phenolic OH excluding ortho intramolecular Hbond substituents is 2. The standard InChI is InChI=1S/C27H34Cl2O4/c1-25(2)15-27(19-11-21(30)23(13-17(19)25)32-9-5-7-28)16-26(3,4)18-14-24(33-10-6-8-29)22(31)12-20(18)27/h11-14,30-31H,5-10,15-16H2,1-4H3. The van der Waals surface area contributed by atoms with E-state index >= 15 is 0 Å². The molecule has 2 aliphatic rings. The van der Waals surface area contributed by atoms with Gasteiger partial charge in [-0.05, 0) is 83.0 Å². The molecule has 0 radical (unpaired) electrons. The van der Waals surface area contributed by atoms with Gasteiger partial charge in [0.15, 0.2) is 23.0 Å². The highest BCUT2D eigenvalue weighted by Crippen LogP contribution is 2.64. The average molecular weight is 493 g/mol. The summed E-state index contributed by atoms with van der Waals surface area (Å²) in [5.74, 6) is 2.36. The summed E-state index contributed by atoms with van der Waals surface area (Å²) in [6.07, 6.45) is 3.23. The van der Waals surface area contributed by atoms with Gasteiger partial charge in [0.2, 0.25) is 0 Å². The molecule has 180 valence electrons. The molecule has 0 aliphatic heterocycles. The lowest BCUT2D eigenvalue weighted by atomic mass is 9.72. The van der Waals surface area contributed by atoms with E-state index in [0.717, 1.165) is 36.8 Å². The third-order valence-electron chi connectivity index (χ3n) is 7.25. The van der Waals surface area contributed by atoms with Crippen LogP contribution in [0.15, 0.2) is 24.3 Å². The van der Waals surface area contributed by atoms with Crippen molar-refractivity contribution in [2.45, 2.75) is 69.6 Å². The summed E-state index contributed by atoms with van der Waals surface area (Å²) < 4.78 is 11.7. The van der Waals surface area contributed by atoms with Crippen LogP contribution in [0.5, 0.6) is 23.0 Å². The Balaban J connectivity index is 1.82. The summed E-state index contributed by atoms with van der Waals surface area (Å²) in [6.45, 7) is 9.92. The summed E-state index contributed by atoms with van der Waals surface area (Å²) in [5.41, 5.74) is 4.09. The largest absolute Gasteiger partial charge is 0.504 e. The molecular formula is C27H34Cl2O4. The number of rotatable bonds is 8. The van der Waals surface area contributed by atoms with E-state index in [0.29, 0.717) is 36.5 Å². The summed E-state index contributed by atoms with van der Waals surface area (Å²) in [6, 6.07) is 7.77. The molecule has 2 aliphatic carbocycles. The molecule has 1 spiro atoms. The van der Waals surface area contributed by atoms with E-state index in [2.05, 4.69) is 27.7 Å². The lowest BCUT2D eigenvalue weighted by Crippen LogP contribution is -2.26. The summed E-state index contributed by atoms with van der Waals surface area (Å²) >= 11 is 11.6. The number of hydrogen-bond acceptors (Lipinski definition) is 4. The zero-order valence-corrected chi connectivity index (χ0v) is 21.4. The monoisotopic (exact) mass is 492 g/mol. The third-order valence-corrected chi connectivity index (χ3v) is 7.78. The molecule has 0 bridgehead atoms. The van der Waals surface area contributed by atoms with Crippen LogP contribution >= 0.6 is 23.2 Å². The van der Waals surface area contributed by atoms with Gasteiger partial charge < -0.3 is 19.7 Å². The van der Waals surface area contributed by atoms with E-state index < -0.39 is 0 Å². The van der Waals surface area contributed by atoms with Crippen LogP contribution in [0.2, 0.25) is 0 Å². The first-order valence-electron chi connectivity index (χ1n) is 11.7. The van der Waals surface area contributed by atoms with Crippen LogP contribution in [0.4, 0.5) is 0 Å². The molecule has 0 amide bonds. The zero-order valence-electron chi connectivity index (χ0n) is 19.9. The highest BCUT2D eigenvalue weighted by Gasteiger charge is 2.57. The van der Waals surface area contributed by atoms with E-state index in [1.165, 1.54) is 11.1 Å². The Morgan fingerprint density at radius 3 is 1.45 bits per heavy atom. The number of ether oxygens (including phenoxy) is 2. The van der Waals surface area contributed by atoms with Crippen LogP contribution in [0.3, 0.4) is 0 Å². The topological polar surface area (TPSA) is 58.9 Å². The first kappa shape index (κ1) is 24.3. The van der Waals surface area contributed by atoms with Gasteiger partial charge in [0.1, 0.15) is 0 Å². The fourth-order valence-corrected chi connectivity index (χ4v) is 6.26. The molecule has 0 heterocycles. The zero-order chi connectivity index (χ0) is 24.0. The maximum atomic E-state index is 10.8. The average Bonchev–Trinajstić information content (AvgIpc) is 3.08. The number of fused-ring (bicyclic) bond motifs is 4. The fraction of sp³-hybridized carbons (Fsp3) is 0.556. The number of hydrogen-bond donors (Lipinski definition) is 2. The normalized spacial score (nSPS) is 18.8. The van der Waals surface area contributed by atoms with Crippen LogP contribution < -0.4 is 9.47 Å². The molecule has 0 fully saturated rings. The molecule has 2 aromatic carbocycles. The van der Waals surface area contributed by atoms with Gasteiger partial charge in [0, 0.05) is 17.2 Å². The van der Waals surface area contributed by atoms with Gasteiger partial charge in [-0.2, -0.15) is 0 Å². The first-order valence-corrected chi connectivity index (χ1v) is 12.8. The molecule has 0 aromatic heterocycles. The van der Waals surface area contributed by atoms with Crippen molar-refractivity contribution < 1.29 is 19.7 Å². The molecule has 33 heavy (non-hydrogen) atoms. The van der Waals surface area contributed by atoms with Crippen molar-refractivity contribution >= 4 is 23.2 Å².